The minimum atomic E-state index is 0. The number of ether oxygens (including phenoxy) is 2. The van der Waals surface area contributed by atoms with Crippen molar-refractivity contribution in [3.8, 4) is 11.5 Å². The van der Waals surface area contributed by atoms with E-state index in [0.29, 0.717) is 6.79 Å². The number of hydrogen-bond donors (Lipinski definition) is 0. The van der Waals surface area contributed by atoms with Crippen molar-refractivity contribution in [3.05, 3.63) is 35.5 Å². The first kappa shape index (κ1) is 17.3. The van der Waals surface area contributed by atoms with Crippen molar-refractivity contribution in [2.75, 3.05) is 19.9 Å². The Morgan fingerprint density at radius 3 is 2.62 bits per heavy atom. The molecule has 3 heterocycles. The quantitative estimate of drug-likeness (QED) is 0.685. The predicted molar refractivity (Wildman–Crippen MR) is 90.2 cm³/mol. The highest BCUT2D eigenvalue weighted by atomic mass is 79.9. The van der Waals surface area contributed by atoms with Gasteiger partial charge in [-0.05, 0) is 31.0 Å². The van der Waals surface area contributed by atoms with Crippen molar-refractivity contribution < 1.29 is 31.0 Å². The van der Waals surface area contributed by atoms with Crippen LogP contribution in [0.25, 0.3) is 0 Å². The number of hydrogen-bond acceptors (Lipinski definition) is 3. The Morgan fingerprint density at radius 1 is 1.12 bits per heavy atom. The molecule has 0 spiro atoms. The minimum absolute atomic E-state index is 0. The standard InChI is InChI=1S/C19H25N2O2.BrH/c1-19(2)12-16(20-8-3-4-9-20)7-10-21(19)13-15-5-6-17-18(11-15)23-14-22-17;/h5-7,10-11H,3-4,8-9,12-14H2,1-2H3;1H/q+1;/p-1. The van der Waals surface area contributed by atoms with Gasteiger partial charge in [-0.15, -0.1) is 0 Å². The van der Waals surface area contributed by atoms with Gasteiger partial charge in [0, 0.05) is 44.3 Å². The summed E-state index contributed by atoms with van der Waals surface area (Å²) in [6, 6.07) is 6.25. The molecule has 1 aromatic rings. The van der Waals surface area contributed by atoms with Crippen LogP contribution in [0.15, 0.2) is 30.0 Å². The maximum Gasteiger partial charge on any atom is 0.231 e. The maximum atomic E-state index is 5.50. The molecule has 3 aliphatic rings. The number of likely N-dealkylation sites (tertiary alicyclic amines) is 1. The Labute approximate surface area is 154 Å². The lowest BCUT2D eigenvalue weighted by Crippen LogP contribution is -3.00. The van der Waals surface area contributed by atoms with Gasteiger partial charge in [-0.3, -0.25) is 0 Å². The largest absolute Gasteiger partial charge is 1.00 e. The molecule has 0 aromatic heterocycles. The topological polar surface area (TPSA) is 24.7 Å². The van der Waals surface area contributed by atoms with E-state index in [2.05, 4.69) is 47.7 Å². The minimum Gasteiger partial charge on any atom is -1.00 e. The van der Waals surface area contributed by atoms with Gasteiger partial charge in [0.1, 0.15) is 0 Å². The fraction of sp³-hybridized carbons (Fsp3) is 0.526. The zero-order chi connectivity index (χ0) is 15.9. The lowest BCUT2D eigenvalue weighted by atomic mass is 9.93. The lowest BCUT2D eigenvalue weighted by molar-refractivity contribution is -0.612. The molecule has 0 unspecified atom stereocenters. The summed E-state index contributed by atoms with van der Waals surface area (Å²) in [6.45, 7) is 8.34. The van der Waals surface area contributed by atoms with Crippen LogP contribution in [0.4, 0.5) is 0 Å². The van der Waals surface area contributed by atoms with Gasteiger partial charge in [0.2, 0.25) is 6.79 Å². The number of allylic oxidation sites excluding steroid dienone is 1. The Morgan fingerprint density at radius 2 is 1.88 bits per heavy atom. The SMILES string of the molecule is CC1(C)CC(N2CCCC2)=CC=[N+]1Cc1ccc2c(c1)OCO2.[Br-]. The summed E-state index contributed by atoms with van der Waals surface area (Å²) in [5.41, 5.74) is 2.88. The molecule has 1 saturated heterocycles. The third kappa shape index (κ3) is 3.32. The molecule has 1 aromatic carbocycles. The summed E-state index contributed by atoms with van der Waals surface area (Å²) >= 11 is 0. The van der Waals surface area contributed by atoms with E-state index in [9.17, 15) is 0 Å². The third-order valence-electron chi connectivity index (χ3n) is 5.14. The van der Waals surface area contributed by atoms with Gasteiger partial charge in [-0.25, -0.2) is 4.58 Å². The summed E-state index contributed by atoms with van der Waals surface area (Å²) in [7, 11) is 0. The van der Waals surface area contributed by atoms with E-state index in [-0.39, 0.29) is 22.5 Å². The highest BCUT2D eigenvalue weighted by Crippen LogP contribution is 2.34. The fourth-order valence-corrected chi connectivity index (χ4v) is 3.71. The van der Waals surface area contributed by atoms with E-state index in [1.54, 1.807) is 0 Å². The molecule has 4 rings (SSSR count). The smallest absolute Gasteiger partial charge is 0.231 e. The zero-order valence-electron chi connectivity index (χ0n) is 14.4. The summed E-state index contributed by atoms with van der Waals surface area (Å²) in [4.78, 5) is 2.55. The van der Waals surface area contributed by atoms with Gasteiger partial charge in [0.05, 0.1) is 6.42 Å². The second-order valence-corrected chi connectivity index (χ2v) is 7.31. The molecule has 5 heteroatoms. The van der Waals surface area contributed by atoms with E-state index in [0.717, 1.165) is 24.5 Å². The van der Waals surface area contributed by atoms with Crippen LogP contribution in [0.3, 0.4) is 0 Å². The van der Waals surface area contributed by atoms with Crippen LogP contribution < -0.4 is 26.5 Å². The van der Waals surface area contributed by atoms with Crippen molar-refractivity contribution in [1.82, 2.24) is 4.90 Å². The molecule has 0 amide bonds. The van der Waals surface area contributed by atoms with Crippen molar-refractivity contribution in [3.63, 3.8) is 0 Å². The second kappa shape index (κ2) is 6.79. The van der Waals surface area contributed by atoms with Crippen molar-refractivity contribution in [2.24, 2.45) is 0 Å². The van der Waals surface area contributed by atoms with Crippen LogP contribution in [0.2, 0.25) is 0 Å². The monoisotopic (exact) mass is 392 g/mol. The van der Waals surface area contributed by atoms with Gasteiger partial charge >= 0.3 is 0 Å². The maximum absolute atomic E-state index is 5.50. The lowest BCUT2D eigenvalue weighted by Gasteiger charge is -2.31. The van der Waals surface area contributed by atoms with Crippen LogP contribution in [0, 0.1) is 0 Å². The second-order valence-electron chi connectivity index (χ2n) is 7.31. The highest BCUT2D eigenvalue weighted by molar-refractivity contribution is 5.68. The van der Waals surface area contributed by atoms with Gasteiger partial charge in [0.25, 0.3) is 0 Å². The average molecular weight is 393 g/mol. The summed E-state index contributed by atoms with van der Waals surface area (Å²) in [5.74, 6) is 1.72. The van der Waals surface area contributed by atoms with E-state index in [1.165, 1.54) is 37.2 Å². The van der Waals surface area contributed by atoms with E-state index in [4.69, 9.17) is 9.47 Å². The molecule has 3 aliphatic heterocycles. The number of rotatable bonds is 3. The van der Waals surface area contributed by atoms with E-state index < -0.39 is 0 Å². The zero-order valence-corrected chi connectivity index (χ0v) is 16.0. The number of nitrogens with zero attached hydrogens (tertiary/aromatic N) is 2. The fourth-order valence-electron chi connectivity index (χ4n) is 3.71. The Balaban J connectivity index is 0.00000169. The molecule has 0 radical (unpaired) electrons. The average Bonchev–Trinajstić information content (AvgIpc) is 3.19. The number of fused-ring (bicyclic) bond motifs is 1. The predicted octanol–water partition coefficient (Wildman–Crippen LogP) is 0.165. The van der Waals surface area contributed by atoms with Crippen molar-refractivity contribution >= 4 is 6.21 Å². The molecular weight excluding hydrogens is 368 g/mol. The van der Waals surface area contributed by atoms with E-state index >= 15 is 0 Å². The first-order chi connectivity index (χ1) is 11.1. The third-order valence-corrected chi connectivity index (χ3v) is 5.14. The molecule has 0 bridgehead atoms. The van der Waals surface area contributed by atoms with Crippen LogP contribution in [-0.4, -0.2) is 41.1 Å². The molecule has 130 valence electrons. The molecule has 4 nitrogen and oxygen atoms in total. The van der Waals surface area contributed by atoms with Crippen molar-refractivity contribution in [1.29, 1.82) is 0 Å². The van der Waals surface area contributed by atoms with Gasteiger partial charge in [0.15, 0.2) is 29.8 Å². The molecule has 24 heavy (non-hydrogen) atoms. The first-order valence-electron chi connectivity index (χ1n) is 8.56. The first-order valence-corrected chi connectivity index (χ1v) is 8.56. The summed E-state index contributed by atoms with van der Waals surface area (Å²) < 4.78 is 13.3. The Hall–Kier alpha value is -1.49. The summed E-state index contributed by atoms with van der Waals surface area (Å²) in [6.07, 6.45) is 8.34. The van der Waals surface area contributed by atoms with Gasteiger partial charge < -0.3 is 31.4 Å². The number of benzene rings is 1. The van der Waals surface area contributed by atoms with Crippen LogP contribution in [-0.2, 0) is 6.54 Å². The summed E-state index contributed by atoms with van der Waals surface area (Å²) in [5, 5.41) is 0. The molecule has 0 aliphatic carbocycles. The molecule has 0 saturated carbocycles. The highest BCUT2D eigenvalue weighted by Gasteiger charge is 2.36. The molecule has 0 N–H and O–H groups in total. The van der Waals surface area contributed by atoms with Crippen LogP contribution >= 0.6 is 0 Å². The van der Waals surface area contributed by atoms with Crippen LogP contribution in [0.5, 0.6) is 11.5 Å². The molecule has 1 fully saturated rings. The van der Waals surface area contributed by atoms with Gasteiger partial charge in [-0.1, -0.05) is 0 Å². The van der Waals surface area contributed by atoms with Crippen LogP contribution in [0.1, 0.15) is 38.7 Å². The molecule has 0 atom stereocenters. The Kier molecular flexibility index (Phi) is 4.90. The molecular formula is C19H25BrN2O2. The number of halogens is 1. The van der Waals surface area contributed by atoms with Gasteiger partial charge in [-0.2, -0.15) is 0 Å². The van der Waals surface area contributed by atoms with Crippen molar-refractivity contribution in [2.45, 2.75) is 45.2 Å². The van der Waals surface area contributed by atoms with E-state index in [1.807, 2.05) is 6.07 Å². The Bertz CT molecular complexity index is 676. The normalized spacial score (nSPS) is 21.2.